The average Bonchev–Trinajstić information content (AvgIpc) is 3.15. The standard InChI is InChI=1S/C16H19N5O/c1-11(2)15(10-21-17-7-8-18-21)20-16(22)14-9-12-5-3-4-6-13(12)19-14/h3-9,11,15,19H,10H2,1-2H3,(H,20,22)/t15-/m0/s1. The Morgan fingerprint density at radius 2 is 2.00 bits per heavy atom. The van der Waals surface area contributed by atoms with E-state index in [1.54, 1.807) is 17.2 Å². The maximum atomic E-state index is 12.5. The summed E-state index contributed by atoms with van der Waals surface area (Å²) in [7, 11) is 0. The first-order chi connectivity index (χ1) is 10.6. The lowest BCUT2D eigenvalue weighted by Gasteiger charge is -2.21. The van der Waals surface area contributed by atoms with Crippen molar-refractivity contribution in [3.05, 3.63) is 48.4 Å². The van der Waals surface area contributed by atoms with Gasteiger partial charge < -0.3 is 10.3 Å². The molecule has 0 aliphatic carbocycles. The fourth-order valence-corrected chi connectivity index (χ4v) is 2.38. The van der Waals surface area contributed by atoms with E-state index < -0.39 is 0 Å². The minimum atomic E-state index is -0.109. The van der Waals surface area contributed by atoms with Gasteiger partial charge in [0.1, 0.15) is 5.69 Å². The number of H-pyrrole nitrogens is 1. The monoisotopic (exact) mass is 297 g/mol. The number of aromatic nitrogens is 4. The third kappa shape index (κ3) is 3.00. The maximum absolute atomic E-state index is 12.5. The van der Waals surface area contributed by atoms with Crippen LogP contribution in [0.15, 0.2) is 42.7 Å². The van der Waals surface area contributed by atoms with Crippen molar-refractivity contribution in [1.82, 2.24) is 25.3 Å². The van der Waals surface area contributed by atoms with Crippen LogP contribution in [0, 0.1) is 5.92 Å². The van der Waals surface area contributed by atoms with E-state index in [1.807, 2.05) is 30.3 Å². The van der Waals surface area contributed by atoms with Gasteiger partial charge >= 0.3 is 0 Å². The number of aromatic amines is 1. The summed E-state index contributed by atoms with van der Waals surface area (Å²) in [6.45, 7) is 4.69. The summed E-state index contributed by atoms with van der Waals surface area (Å²) in [4.78, 5) is 17.2. The highest BCUT2D eigenvalue weighted by Gasteiger charge is 2.19. The number of carbonyl (C=O) groups excluding carboxylic acids is 1. The molecule has 0 spiro atoms. The molecule has 0 bridgehead atoms. The lowest BCUT2D eigenvalue weighted by atomic mass is 10.0. The number of hydrogen-bond acceptors (Lipinski definition) is 3. The second kappa shape index (κ2) is 6.01. The highest BCUT2D eigenvalue weighted by Crippen LogP contribution is 2.15. The molecule has 6 heteroatoms. The molecule has 0 saturated heterocycles. The fourth-order valence-electron chi connectivity index (χ4n) is 2.38. The lowest BCUT2D eigenvalue weighted by Crippen LogP contribution is -2.42. The van der Waals surface area contributed by atoms with Crippen LogP contribution in [0.25, 0.3) is 10.9 Å². The van der Waals surface area contributed by atoms with Crippen LogP contribution in [0.4, 0.5) is 0 Å². The molecule has 1 atom stereocenters. The summed E-state index contributed by atoms with van der Waals surface area (Å²) in [5.74, 6) is 0.168. The number of benzene rings is 1. The van der Waals surface area contributed by atoms with Crippen LogP contribution < -0.4 is 5.32 Å². The number of fused-ring (bicyclic) bond motifs is 1. The second-order valence-corrected chi connectivity index (χ2v) is 5.68. The number of nitrogens with zero attached hydrogens (tertiary/aromatic N) is 3. The van der Waals surface area contributed by atoms with Gasteiger partial charge in [-0.25, -0.2) is 0 Å². The Hall–Kier alpha value is -2.63. The highest BCUT2D eigenvalue weighted by molar-refractivity contribution is 5.98. The van der Waals surface area contributed by atoms with Crippen molar-refractivity contribution in [2.24, 2.45) is 5.92 Å². The van der Waals surface area contributed by atoms with Gasteiger partial charge in [-0.2, -0.15) is 15.0 Å². The Balaban J connectivity index is 1.75. The van der Waals surface area contributed by atoms with Crippen LogP contribution >= 0.6 is 0 Å². The molecule has 2 aromatic heterocycles. The fraction of sp³-hybridized carbons (Fsp3) is 0.312. The molecule has 0 saturated carbocycles. The molecule has 0 fully saturated rings. The van der Waals surface area contributed by atoms with Gasteiger partial charge in [-0.05, 0) is 18.1 Å². The second-order valence-electron chi connectivity index (χ2n) is 5.68. The normalized spacial score (nSPS) is 12.7. The molecule has 0 radical (unpaired) electrons. The molecule has 0 aliphatic rings. The van der Waals surface area contributed by atoms with E-state index in [0.29, 0.717) is 12.2 Å². The van der Waals surface area contributed by atoms with Crippen molar-refractivity contribution < 1.29 is 4.79 Å². The zero-order valence-electron chi connectivity index (χ0n) is 12.7. The molecule has 2 heterocycles. The molecular weight excluding hydrogens is 278 g/mol. The third-order valence-corrected chi connectivity index (χ3v) is 3.72. The van der Waals surface area contributed by atoms with Crippen LogP contribution in [0.1, 0.15) is 24.3 Å². The number of carbonyl (C=O) groups is 1. The van der Waals surface area contributed by atoms with E-state index in [1.165, 1.54) is 0 Å². The lowest BCUT2D eigenvalue weighted by molar-refractivity contribution is 0.0913. The van der Waals surface area contributed by atoms with Gasteiger partial charge in [-0.3, -0.25) is 4.79 Å². The van der Waals surface area contributed by atoms with Gasteiger partial charge in [0.05, 0.1) is 25.0 Å². The van der Waals surface area contributed by atoms with Gasteiger partial charge in [0.15, 0.2) is 0 Å². The minimum Gasteiger partial charge on any atom is -0.351 e. The van der Waals surface area contributed by atoms with E-state index in [-0.39, 0.29) is 17.9 Å². The smallest absolute Gasteiger partial charge is 0.268 e. The van der Waals surface area contributed by atoms with Crippen molar-refractivity contribution >= 4 is 16.8 Å². The third-order valence-electron chi connectivity index (χ3n) is 3.72. The molecule has 0 aliphatic heterocycles. The van der Waals surface area contributed by atoms with Crippen LogP contribution in [-0.2, 0) is 6.54 Å². The largest absolute Gasteiger partial charge is 0.351 e. The summed E-state index contributed by atoms with van der Waals surface area (Å²) in [5, 5.41) is 12.3. The summed E-state index contributed by atoms with van der Waals surface area (Å²) in [6, 6.07) is 9.68. The van der Waals surface area contributed by atoms with Crippen molar-refractivity contribution in [3.8, 4) is 0 Å². The molecule has 22 heavy (non-hydrogen) atoms. The molecule has 114 valence electrons. The Labute approximate surface area is 128 Å². The highest BCUT2D eigenvalue weighted by atomic mass is 16.2. The molecule has 2 N–H and O–H groups in total. The number of amides is 1. The molecule has 1 aromatic carbocycles. The Bertz CT molecular complexity index is 727. The summed E-state index contributed by atoms with van der Waals surface area (Å²) >= 11 is 0. The molecule has 3 aromatic rings. The molecule has 6 nitrogen and oxygen atoms in total. The zero-order valence-corrected chi connectivity index (χ0v) is 12.7. The van der Waals surface area contributed by atoms with Gasteiger partial charge in [0.2, 0.25) is 0 Å². The van der Waals surface area contributed by atoms with Gasteiger partial charge in [-0.15, -0.1) is 0 Å². The number of para-hydroxylation sites is 1. The Morgan fingerprint density at radius 3 is 2.68 bits per heavy atom. The molecular formula is C16H19N5O. The summed E-state index contributed by atoms with van der Waals surface area (Å²) < 4.78 is 0. The van der Waals surface area contributed by atoms with Crippen molar-refractivity contribution in [2.45, 2.75) is 26.4 Å². The first kappa shape index (κ1) is 14.3. The Kier molecular flexibility index (Phi) is 3.91. The number of hydrogen-bond donors (Lipinski definition) is 2. The minimum absolute atomic E-state index is 0.0358. The van der Waals surface area contributed by atoms with Crippen LogP contribution in [0.5, 0.6) is 0 Å². The van der Waals surface area contributed by atoms with Crippen molar-refractivity contribution in [1.29, 1.82) is 0 Å². The SMILES string of the molecule is CC(C)[C@H](Cn1nccn1)NC(=O)c1cc2ccccc2[nH]1. The first-order valence-corrected chi connectivity index (χ1v) is 7.36. The average molecular weight is 297 g/mol. The van der Waals surface area contributed by atoms with E-state index in [9.17, 15) is 4.79 Å². The summed E-state index contributed by atoms with van der Waals surface area (Å²) in [6.07, 6.45) is 3.27. The van der Waals surface area contributed by atoms with Crippen LogP contribution in [-0.4, -0.2) is 31.9 Å². The van der Waals surface area contributed by atoms with E-state index in [4.69, 9.17) is 0 Å². The molecule has 0 unspecified atom stereocenters. The zero-order chi connectivity index (χ0) is 15.5. The van der Waals surface area contributed by atoms with Gasteiger partial charge in [-0.1, -0.05) is 32.0 Å². The van der Waals surface area contributed by atoms with E-state index in [0.717, 1.165) is 10.9 Å². The predicted octanol–water partition coefficient (Wildman–Crippen LogP) is 2.21. The maximum Gasteiger partial charge on any atom is 0.268 e. The topological polar surface area (TPSA) is 75.6 Å². The van der Waals surface area contributed by atoms with E-state index >= 15 is 0 Å². The van der Waals surface area contributed by atoms with E-state index in [2.05, 4.69) is 34.3 Å². The van der Waals surface area contributed by atoms with Crippen LogP contribution in [0.3, 0.4) is 0 Å². The first-order valence-electron chi connectivity index (χ1n) is 7.36. The van der Waals surface area contributed by atoms with Crippen molar-refractivity contribution in [3.63, 3.8) is 0 Å². The quantitative estimate of drug-likeness (QED) is 0.758. The van der Waals surface area contributed by atoms with Crippen LogP contribution in [0.2, 0.25) is 0 Å². The molecule has 1 amide bonds. The number of nitrogens with one attached hydrogen (secondary N) is 2. The number of rotatable bonds is 5. The Morgan fingerprint density at radius 1 is 1.27 bits per heavy atom. The van der Waals surface area contributed by atoms with Gasteiger partial charge in [0.25, 0.3) is 5.91 Å². The molecule has 3 rings (SSSR count). The summed E-state index contributed by atoms with van der Waals surface area (Å²) in [5.41, 5.74) is 1.53. The van der Waals surface area contributed by atoms with Crippen molar-refractivity contribution in [2.75, 3.05) is 0 Å². The predicted molar refractivity (Wildman–Crippen MR) is 84.4 cm³/mol. The van der Waals surface area contributed by atoms with Gasteiger partial charge in [0, 0.05) is 10.9 Å².